The first-order chi connectivity index (χ1) is 14.0. The SMILES string of the molecule is C=CCNC(=O)c1cc(COc2ccc(NC(=O)c3ccc(C)cc3)cc2)on1. The van der Waals surface area contributed by atoms with Crippen LogP contribution in [0.5, 0.6) is 5.75 Å². The first kappa shape index (κ1) is 19.9. The lowest BCUT2D eigenvalue weighted by atomic mass is 10.1. The van der Waals surface area contributed by atoms with E-state index in [1.54, 1.807) is 42.5 Å². The Labute approximate surface area is 168 Å². The van der Waals surface area contributed by atoms with Crippen LogP contribution in [0.4, 0.5) is 5.69 Å². The predicted octanol–water partition coefficient (Wildman–Crippen LogP) is 3.73. The summed E-state index contributed by atoms with van der Waals surface area (Å²) in [5, 5.41) is 9.17. The Balaban J connectivity index is 1.52. The number of nitrogens with one attached hydrogen (secondary N) is 2. The topological polar surface area (TPSA) is 93.5 Å². The van der Waals surface area contributed by atoms with Crippen molar-refractivity contribution in [2.75, 3.05) is 11.9 Å². The van der Waals surface area contributed by atoms with Gasteiger partial charge in [0, 0.05) is 23.9 Å². The molecule has 0 aliphatic carbocycles. The molecule has 2 N–H and O–H groups in total. The molecule has 2 amide bonds. The molecule has 2 aromatic carbocycles. The van der Waals surface area contributed by atoms with Gasteiger partial charge in [-0.1, -0.05) is 28.9 Å². The van der Waals surface area contributed by atoms with E-state index in [1.165, 1.54) is 6.07 Å². The average molecular weight is 391 g/mol. The number of aryl methyl sites for hydroxylation is 1. The molecule has 7 heteroatoms. The third-order valence-corrected chi connectivity index (χ3v) is 4.01. The second-order valence-electron chi connectivity index (χ2n) is 6.31. The second-order valence-corrected chi connectivity index (χ2v) is 6.31. The number of hydrogen-bond donors (Lipinski definition) is 2. The number of ether oxygens (including phenoxy) is 1. The maximum absolute atomic E-state index is 12.2. The van der Waals surface area contributed by atoms with Gasteiger partial charge in [0.15, 0.2) is 11.5 Å². The molecule has 0 spiro atoms. The van der Waals surface area contributed by atoms with Crippen LogP contribution < -0.4 is 15.4 Å². The highest BCUT2D eigenvalue weighted by atomic mass is 16.5. The van der Waals surface area contributed by atoms with Gasteiger partial charge >= 0.3 is 0 Å². The molecule has 0 bridgehead atoms. The largest absolute Gasteiger partial charge is 0.486 e. The van der Waals surface area contributed by atoms with E-state index in [0.717, 1.165) is 5.56 Å². The van der Waals surface area contributed by atoms with Gasteiger partial charge in [0.25, 0.3) is 11.8 Å². The Bertz CT molecular complexity index is 992. The summed E-state index contributed by atoms with van der Waals surface area (Å²) >= 11 is 0. The van der Waals surface area contributed by atoms with Crippen LogP contribution in [0.15, 0.2) is 71.8 Å². The van der Waals surface area contributed by atoms with E-state index in [0.29, 0.717) is 29.3 Å². The predicted molar refractivity (Wildman–Crippen MR) is 109 cm³/mol. The van der Waals surface area contributed by atoms with Crippen molar-refractivity contribution in [1.29, 1.82) is 0 Å². The minimum Gasteiger partial charge on any atom is -0.486 e. The fourth-order valence-corrected chi connectivity index (χ4v) is 2.44. The van der Waals surface area contributed by atoms with Crippen molar-refractivity contribution in [2.24, 2.45) is 0 Å². The van der Waals surface area contributed by atoms with Crippen LogP contribution in [-0.4, -0.2) is 23.5 Å². The number of anilines is 1. The van der Waals surface area contributed by atoms with Gasteiger partial charge in [-0.2, -0.15) is 0 Å². The summed E-state index contributed by atoms with van der Waals surface area (Å²) in [6, 6.07) is 15.8. The molecule has 0 radical (unpaired) electrons. The summed E-state index contributed by atoms with van der Waals surface area (Å²) in [5.41, 5.74) is 2.52. The Morgan fingerprint density at radius 1 is 1.10 bits per heavy atom. The summed E-state index contributed by atoms with van der Waals surface area (Å²) in [5.74, 6) is 0.494. The van der Waals surface area contributed by atoms with Crippen molar-refractivity contribution in [1.82, 2.24) is 10.5 Å². The zero-order chi connectivity index (χ0) is 20.6. The summed E-state index contributed by atoms with van der Waals surface area (Å²) in [6.45, 7) is 5.98. The highest BCUT2D eigenvalue weighted by Crippen LogP contribution is 2.18. The van der Waals surface area contributed by atoms with Gasteiger partial charge in [-0.3, -0.25) is 9.59 Å². The minimum absolute atomic E-state index is 0.122. The summed E-state index contributed by atoms with van der Waals surface area (Å²) < 4.78 is 10.7. The second kappa shape index (κ2) is 9.36. The van der Waals surface area contributed by atoms with Crippen LogP contribution in [0.1, 0.15) is 32.2 Å². The molecule has 7 nitrogen and oxygen atoms in total. The van der Waals surface area contributed by atoms with E-state index in [1.807, 2.05) is 19.1 Å². The molecule has 0 atom stereocenters. The number of benzene rings is 2. The number of rotatable bonds is 8. The number of carbonyl (C=O) groups is 2. The molecular weight excluding hydrogens is 370 g/mol. The van der Waals surface area contributed by atoms with Crippen LogP contribution in [-0.2, 0) is 6.61 Å². The highest BCUT2D eigenvalue weighted by Gasteiger charge is 2.12. The molecule has 3 rings (SSSR count). The van der Waals surface area contributed by atoms with E-state index in [2.05, 4.69) is 22.4 Å². The zero-order valence-corrected chi connectivity index (χ0v) is 16.0. The van der Waals surface area contributed by atoms with E-state index < -0.39 is 0 Å². The van der Waals surface area contributed by atoms with E-state index in [4.69, 9.17) is 9.26 Å². The van der Waals surface area contributed by atoms with Gasteiger partial charge in [-0.05, 0) is 43.3 Å². The first-order valence-electron chi connectivity index (χ1n) is 9.01. The minimum atomic E-state index is -0.339. The first-order valence-corrected chi connectivity index (χ1v) is 9.01. The van der Waals surface area contributed by atoms with Crippen LogP contribution in [0.3, 0.4) is 0 Å². The highest BCUT2D eigenvalue weighted by molar-refractivity contribution is 6.04. The normalized spacial score (nSPS) is 10.2. The number of hydrogen-bond acceptors (Lipinski definition) is 5. The van der Waals surface area contributed by atoms with Crippen LogP contribution in [0.2, 0.25) is 0 Å². The van der Waals surface area contributed by atoms with E-state index in [-0.39, 0.29) is 24.1 Å². The Kier molecular flexibility index (Phi) is 6.42. The molecule has 148 valence electrons. The van der Waals surface area contributed by atoms with Crippen molar-refractivity contribution in [3.8, 4) is 5.75 Å². The number of aromatic nitrogens is 1. The molecule has 0 fully saturated rings. The molecule has 1 heterocycles. The summed E-state index contributed by atoms with van der Waals surface area (Å²) in [7, 11) is 0. The molecule has 1 aromatic heterocycles. The lowest BCUT2D eigenvalue weighted by Crippen LogP contribution is -2.23. The van der Waals surface area contributed by atoms with Gasteiger partial charge < -0.3 is 19.9 Å². The summed E-state index contributed by atoms with van der Waals surface area (Å²) in [6.07, 6.45) is 1.58. The monoisotopic (exact) mass is 391 g/mol. The van der Waals surface area contributed by atoms with Gasteiger partial charge in [0.05, 0.1) is 0 Å². The van der Waals surface area contributed by atoms with E-state index >= 15 is 0 Å². The molecule has 0 saturated heterocycles. The smallest absolute Gasteiger partial charge is 0.273 e. The standard InChI is InChI=1S/C22H21N3O4/c1-3-12-23-22(27)20-13-19(29-25-20)14-28-18-10-8-17(9-11-18)24-21(26)16-6-4-15(2)5-7-16/h3-11,13H,1,12,14H2,2H3,(H,23,27)(H,24,26). The lowest BCUT2D eigenvalue weighted by Gasteiger charge is -2.07. The van der Waals surface area contributed by atoms with Crippen LogP contribution >= 0.6 is 0 Å². The molecular formula is C22H21N3O4. The maximum Gasteiger partial charge on any atom is 0.273 e. The lowest BCUT2D eigenvalue weighted by molar-refractivity contribution is 0.0947. The van der Waals surface area contributed by atoms with Gasteiger partial charge in [0.1, 0.15) is 12.4 Å². The Morgan fingerprint density at radius 3 is 2.52 bits per heavy atom. The Hall–Kier alpha value is -3.87. The van der Waals surface area contributed by atoms with Gasteiger partial charge in [-0.25, -0.2) is 0 Å². The van der Waals surface area contributed by atoms with Crippen molar-refractivity contribution in [3.63, 3.8) is 0 Å². The average Bonchev–Trinajstić information content (AvgIpc) is 3.21. The maximum atomic E-state index is 12.2. The molecule has 29 heavy (non-hydrogen) atoms. The third-order valence-electron chi connectivity index (χ3n) is 4.01. The molecule has 0 aliphatic rings. The third kappa shape index (κ3) is 5.55. The van der Waals surface area contributed by atoms with E-state index in [9.17, 15) is 9.59 Å². The number of amides is 2. The van der Waals surface area contributed by atoms with Crippen molar-refractivity contribution < 1.29 is 18.8 Å². The van der Waals surface area contributed by atoms with Crippen LogP contribution in [0.25, 0.3) is 0 Å². The number of carbonyl (C=O) groups excluding carboxylic acids is 2. The summed E-state index contributed by atoms with van der Waals surface area (Å²) in [4.78, 5) is 24.0. The van der Waals surface area contributed by atoms with Gasteiger partial charge in [0.2, 0.25) is 0 Å². The molecule has 0 unspecified atom stereocenters. The quantitative estimate of drug-likeness (QED) is 0.571. The molecule has 0 aliphatic heterocycles. The fraction of sp³-hybridized carbons (Fsp3) is 0.136. The van der Waals surface area contributed by atoms with Gasteiger partial charge in [-0.15, -0.1) is 6.58 Å². The van der Waals surface area contributed by atoms with Crippen molar-refractivity contribution in [3.05, 3.63) is 89.8 Å². The van der Waals surface area contributed by atoms with Crippen molar-refractivity contribution in [2.45, 2.75) is 13.5 Å². The zero-order valence-electron chi connectivity index (χ0n) is 16.0. The molecule has 3 aromatic rings. The van der Waals surface area contributed by atoms with Crippen molar-refractivity contribution >= 4 is 17.5 Å². The molecule has 0 saturated carbocycles. The Morgan fingerprint density at radius 2 is 1.83 bits per heavy atom. The van der Waals surface area contributed by atoms with Crippen LogP contribution in [0, 0.1) is 6.92 Å². The fourth-order valence-electron chi connectivity index (χ4n) is 2.44. The number of nitrogens with zero attached hydrogens (tertiary/aromatic N) is 1.